The second kappa shape index (κ2) is 6.21. The van der Waals surface area contributed by atoms with Gasteiger partial charge in [-0.05, 0) is 48.3 Å². The average Bonchev–Trinajstić information content (AvgIpc) is 2.53. The quantitative estimate of drug-likeness (QED) is 0.654. The highest BCUT2D eigenvalue weighted by molar-refractivity contribution is 5.33. The molecule has 0 bridgehead atoms. The van der Waals surface area contributed by atoms with E-state index in [0.29, 0.717) is 5.92 Å². The van der Waals surface area contributed by atoms with Crippen LogP contribution in [0.15, 0.2) is 54.6 Å². The van der Waals surface area contributed by atoms with Gasteiger partial charge in [-0.3, -0.25) is 11.3 Å². The summed E-state index contributed by atoms with van der Waals surface area (Å²) in [5, 5.41) is 0. The zero-order valence-corrected chi connectivity index (χ0v) is 11.8. The van der Waals surface area contributed by atoms with Crippen LogP contribution in [0.3, 0.4) is 0 Å². The number of rotatable bonds is 4. The van der Waals surface area contributed by atoms with Crippen molar-refractivity contribution >= 4 is 0 Å². The van der Waals surface area contributed by atoms with Crippen LogP contribution in [0.5, 0.6) is 0 Å². The summed E-state index contributed by atoms with van der Waals surface area (Å²) >= 11 is 0. The van der Waals surface area contributed by atoms with Crippen molar-refractivity contribution in [3.05, 3.63) is 71.3 Å². The summed E-state index contributed by atoms with van der Waals surface area (Å²) in [6.07, 6.45) is 4.84. The Balaban J connectivity index is 1.81. The standard InChI is InChI=1S/C18H22N2/c19-20-18(15-8-2-1-3-9-15)13-16-11-6-10-14-7-4-5-12-17(14)16/h1-5,7-9,12,16,18,20H,6,10-11,13,19H2. The molecule has 20 heavy (non-hydrogen) atoms. The molecule has 2 atom stereocenters. The molecule has 1 aliphatic rings. The van der Waals surface area contributed by atoms with Crippen LogP contribution in [-0.4, -0.2) is 0 Å². The molecule has 2 unspecified atom stereocenters. The van der Waals surface area contributed by atoms with Gasteiger partial charge in [-0.1, -0.05) is 54.6 Å². The van der Waals surface area contributed by atoms with Crippen molar-refractivity contribution in [1.29, 1.82) is 0 Å². The first-order valence-electron chi connectivity index (χ1n) is 7.47. The molecule has 2 aromatic carbocycles. The highest BCUT2D eigenvalue weighted by Gasteiger charge is 2.23. The van der Waals surface area contributed by atoms with E-state index < -0.39 is 0 Å². The Morgan fingerprint density at radius 3 is 2.60 bits per heavy atom. The van der Waals surface area contributed by atoms with Gasteiger partial charge in [-0.25, -0.2) is 0 Å². The van der Waals surface area contributed by atoms with E-state index in [2.05, 4.69) is 54.0 Å². The van der Waals surface area contributed by atoms with Gasteiger partial charge in [0, 0.05) is 6.04 Å². The summed E-state index contributed by atoms with van der Waals surface area (Å²) in [7, 11) is 0. The highest BCUT2D eigenvalue weighted by atomic mass is 15.2. The van der Waals surface area contributed by atoms with E-state index in [9.17, 15) is 0 Å². The molecular weight excluding hydrogens is 244 g/mol. The Hall–Kier alpha value is -1.64. The SMILES string of the molecule is NNC(CC1CCCc2ccccc21)c1ccccc1. The Kier molecular flexibility index (Phi) is 4.14. The minimum atomic E-state index is 0.229. The fourth-order valence-corrected chi connectivity index (χ4v) is 3.37. The van der Waals surface area contributed by atoms with Gasteiger partial charge in [0.1, 0.15) is 0 Å². The van der Waals surface area contributed by atoms with Crippen LogP contribution in [0.4, 0.5) is 0 Å². The number of hydrogen-bond donors (Lipinski definition) is 2. The maximum atomic E-state index is 5.79. The van der Waals surface area contributed by atoms with Crippen LogP contribution >= 0.6 is 0 Å². The fourth-order valence-electron chi connectivity index (χ4n) is 3.37. The largest absolute Gasteiger partial charge is 0.271 e. The second-order valence-electron chi connectivity index (χ2n) is 5.65. The Morgan fingerprint density at radius 2 is 1.80 bits per heavy atom. The first-order valence-corrected chi connectivity index (χ1v) is 7.47. The van der Waals surface area contributed by atoms with Crippen LogP contribution in [0.2, 0.25) is 0 Å². The molecule has 2 aromatic rings. The molecule has 3 N–H and O–H groups in total. The van der Waals surface area contributed by atoms with Gasteiger partial charge in [0.25, 0.3) is 0 Å². The minimum Gasteiger partial charge on any atom is -0.271 e. The third-order valence-corrected chi connectivity index (χ3v) is 4.42. The predicted molar refractivity (Wildman–Crippen MR) is 83.2 cm³/mol. The molecule has 0 spiro atoms. The summed E-state index contributed by atoms with van der Waals surface area (Å²) < 4.78 is 0. The van der Waals surface area contributed by atoms with Crippen molar-refractivity contribution in [1.82, 2.24) is 5.43 Å². The molecule has 2 nitrogen and oxygen atoms in total. The average molecular weight is 266 g/mol. The lowest BCUT2D eigenvalue weighted by atomic mass is 9.79. The predicted octanol–water partition coefficient (Wildman–Crippen LogP) is 3.70. The molecule has 1 aliphatic carbocycles. The van der Waals surface area contributed by atoms with Crippen molar-refractivity contribution in [2.75, 3.05) is 0 Å². The number of fused-ring (bicyclic) bond motifs is 1. The van der Waals surface area contributed by atoms with Crippen LogP contribution in [-0.2, 0) is 6.42 Å². The highest BCUT2D eigenvalue weighted by Crippen LogP contribution is 2.37. The molecule has 0 heterocycles. The third kappa shape index (κ3) is 2.77. The zero-order valence-electron chi connectivity index (χ0n) is 11.8. The van der Waals surface area contributed by atoms with Gasteiger partial charge in [-0.2, -0.15) is 0 Å². The fraction of sp³-hybridized carbons (Fsp3) is 0.333. The van der Waals surface area contributed by atoms with Crippen molar-refractivity contribution in [2.24, 2.45) is 5.84 Å². The summed E-state index contributed by atoms with van der Waals surface area (Å²) in [4.78, 5) is 0. The molecule has 104 valence electrons. The van der Waals surface area contributed by atoms with Crippen molar-refractivity contribution < 1.29 is 0 Å². The number of nitrogens with one attached hydrogen (secondary N) is 1. The van der Waals surface area contributed by atoms with E-state index in [-0.39, 0.29) is 6.04 Å². The molecule has 0 saturated heterocycles. The van der Waals surface area contributed by atoms with E-state index in [0.717, 1.165) is 6.42 Å². The topological polar surface area (TPSA) is 38.0 Å². The summed E-state index contributed by atoms with van der Waals surface area (Å²) in [6.45, 7) is 0. The van der Waals surface area contributed by atoms with Crippen LogP contribution in [0, 0.1) is 0 Å². The zero-order chi connectivity index (χ0) is 13.8. The number of nitrogens with two attached hydrogens (primary N) is 1. The number of hydrogen-bond acceptors (Lipinski definition) is 2. The molecule has 3 rings (SSSR count). The van der Waals surface area contributed by atoms with Gasteiger partial charge in [0.15, 0.2) is 0 Å². The van der Waals surface area contributed by atoms with Crippen LogP contribution < -0.4 is 11.3 Å². The first kappa shape index (κ1) is 13.3. The normalized spacial score (nSPS) is 19.4. The van der Waals surface area contributed by atoms with Crippen molar-refractivity contribution in [3.63, 3.8) is 0 Å². The monoisotopic (exact) mass is 266 g/mol. The lowest BCUT2D eigenvalue weighted by Gasteiger charge is -2.29. The molecule has 0 fully saturated rings. The number of aryl methyl sites for hydroxylation is 1. The first-order chi connectivity index (χ1) is 9.88. The Morgan fingerprint density at radius 1 is 1.05 bits per heavy atom. The maximum absolute atomic E-state index is 5.79. The van der Waals surface area contributed by atoms with E-state index in [1.165, 1.54) is 36.0 Å². The van der Waals surface area contributed by atoms with Crippen LogP contribution in [0.25, 0.3) is 0 Å². The molecular formula is C18H22N2. The summed E-state index contributed by atoms with van der Waals surface area (Å²) in [5.74, 6) is 6.40. The molecule has 2 heteroatoms. The molecule has 0 amide bonds. The van der Waals surface area contributed by atoms with E-state index in [4.69, 9.17) is 5.84 Å². The van der Waals surface area contributed by atoms with Gasteiger partial charge in [0.05, 0.1) is 0 Å². The molecule has 0 aromatic heterocycles. The van der Waals surface area contributed by atoms with Gasteiger partial charge in [-0.15, -0.1) is 0 Å². The van der Waals surface area contributed by atoms with Gasteiger partial charge >= 0.3 is 0 Å². The number of hydrazine groups is 1. The Labute approximate surface area is 121 Å². The Bertz CT molecular complexity index is 550. The van der Waals surface area contributed by atoms with Crippen LogP contribution in [0.1, 0.15) is 47.9 Å². The second-order valence-corrected chi connectivity index (χ2v) is 5.65. The molecule has 0 aliphatic heterocycles. The summed E-state index contributed by atoms with van der Waals surface area (Å²) in [5.41, 5.74) is 7.32. The third-order valence-electron chi connectivity index (χ3n) is 4.42. The van der Waals surface area contributed by atoms with Crippen molar-refractivity contribution in [3.8, 4) is 0 Å². The van der Waals surface area contributed by atoms with E-state index in [1.54, 1.807) is 0 Å². The minimum absolute atomic E-state index is 0.229. The molecule has 0 radical (unpaired) electrons. The lowest BCUT2D eigenvalue weighted by molar-refractivity contribution is 0.425. The summed E-state index contributed by atoms with van der Waals surface area (Å²) in [6, 6.07) is 19.6. The number of benzene rings is 2. The maximum Gasteiger partial charge on any atom is 0.0465 e. The van der Waals surface area contributed by atoms with E-state index in [1.807, 2.05) is 6.07 Å². The van der Waals surface area contributed by atoms with Gasteiger partial charge in [0.2, 0.25) is 0 Å². The van der Waals surface area contributed by atoms with Crippen molar-refractivity contribution in [2.45, 2.75) is 37.6 Å². The van der Waals surface area contributed by atoms with E-state index >= 15 is 0 Å². The lowest BCUT2D eigenvalue weighted by Crippen LogP contribution is -2.30. The molecule has 0 saturated carbocycles. The smallest absolute Gasteiger partial charge is 0.0465 e. The van der Waals surface area contributed by atoms with Gasteiger partial charge < -0.3 is 0 Å².